The summed E-state index contributed by atoms with van der Waals surface area (Å²) in [6, 6.07) is 0. The minimum absolute atomic E-state index is 0.370. The van der Waals surface area contributed by atoms with Gasteiger partial charge in [0.1, 0.15) is 0 Å². The molecule has 1 aliphatic heterocycles. The molecule has 1 fully saturated rings. The maximum absolute atomic E-state index is 11.6. The summed E-state index contributed by atoms with van der Waals surface area (Å²) in [4.78, 5) is 13.7. The molecule has 1 heterocycles. The van der Waals surface area contributed by atoms with Gasteiger partial charge >= 0.3 is 0 Å². The molecule has 0 radical (unpaired) electrons. The van der Waals surface area contributed by atoms with Gasteiger partial charge in [0, 0.05) is 25.9 Å². The zero-order valence-electron chi connectivity index (χ0n) is 16.8. The van der Waals surface area contributed by atoms with Crippen LogP contribution in [0.25, 0.3) is 0 Å². The molecule has 1 rings (SSSR count). The van der Waals surface area contributed by atoms with Gasteiger partial charge in [0.2, 0.25) is 5.91 Å². The Balaban J connectivity index is 1.92. The number of rotatable bonds is 15. The summed E-state index contributed by atoms with van der Waals surface area (Å²) >= 11 is 0. The summed E-state index contributed by atoms with van der Waals surface area (Å²) in [7, 11) is 4.69. The maximum Gasteiger partial charge on any atom is 0.222 e. The summed E-state index contributed by atoms with van der Waals surface area (Å²) in [6.45, 7) is 6.72. The first kappa shape index (κ1) is 21.5. The maximum atomic E-state index is 11.6. The lowest BCUT2D eigenvalue weighted by Crippen LogP contribution is -2.42. The van der Waals surface area contributed by atoms with Crippen molar-refractivity contribution in [3.63, 3.8) is 0 Å². The molecule has 1 amide bonds. The summed E-state index contributed by atoms with van der Waals surface area (Å²) in [5.74, 6) is 0.370. The van der Waals surface area contributed by atoms with E-state index in [-0.39, 0.29) is 0 Å². The Bertz CT molecular complexity index is 328. The van der Waals surface area contributed by atoms with E-state index in [1.807, 2.05) is 0 Å². The molecule has 0 spiro atoms. The molecule has 1 saturated heterocycles. The third kappa shape index (κ3) is 10.3. The van der Waals surface area contributed by atoms with Gasteiger partial charge in [0.25, 0.3) is 0 Å². The SMILES string of the molecule is CCCCCCCCCCCC[N+](C)(C)CCCN1CCCC1=O. The standard InChI is InChI=1S/C21H43N2O/c1-4-5-6-7-8-9-10-11-12-13-19-23(2,3)20-15-18-22-17-14-16-21(22)24/h4-20H2,1-3H3/q+1. The third-order valence-electron chi connectivity index (χ3n) is 5.48. The van der Waals surface area contributed by atoms with Crippen molar-refractivity contribution in [2.75, 3.05) is 40.3 Å². The summed E-state index contributed by atoms with van der Waals surface area (Å²) < 4.78 is 1.11. The number of amides is 1. The molecule has 0 atom stereocenters. The fourth-order valence-corrected chi connectivity index (χ4v) is 3.77. The van der Waals surface area contributed by atoms with E-state index in [2.05, 4.69) is 25.9 Å². The highest BCUT2D eigenvalue weighted by atomic mass is 16.2. The van der Waals surface area contributed by atoms with Crippen LogP contribution in [0.2, 0.25) is 0 Å². The van der Waals surface area contributed by atoms with Crippen LogP contribution in [0.5, 0.6) is 0 Å². The first-order valence-corrected chi connectivity index (χ1v) is 10.6. The minimum Gasteiger partial charge on any atom is -0.342 e. The molecule has 142 valence electrons. The van der Waals surface area contributed by atoms with E-state index in [1.54, 1.807) is 0 Å². The largest absolute Gasteiger partial charge is 0.342 e. The van der Waals surface area contributed by atoms with Gasteiger partial charge in [-0.2, -0.15) is 0 Å². The highest BCUT2D eigenvalue weighted by Gasteiger charge is 2.21. The molecule has 0 aromatic heterocycles. The van der Waals surface area contributed by atoms with Gasteiger partial charge < -0.3 is 9.38 Å². The van der Waals surface area contributed by atoms with Crippen LogP contribution in [-0.4, -0.2) is 55.6 Å². The Morgan fingerprint density at radius 1 is 0.833 bits per heavy atom. The van der Waals surface area contributed by atoms with Crippen molar-refractivity contribution in [2.45, 2.75) is 90.4 Å². The van der Waals surface area contributed by atoms with Gasteiger partial charge in [-0.05, 0) is 19.3 Å². The van der Waals surface area contributed by atoms with E-state index in [0.29, 0.717) is 5.91 Å². The number of hydrogen-bond acceptors (Lipinski definition) is 1. The molecule has 3 nitrogen and oxygen atoms in total. The lowest BCUT2D eigenvalue weighted by Gasteiger charge is -2.30. The van der Waals surface area contributed by atoms with Crippen LogP contribution in [0, 0.1) is 0 Å². The zero-order valence-corrected chi connectivity index (χ0v) is 16.8. The monoisotopic (exact) mass is 339 g/mol. The second-order valence-corrected chi connectivity index (χ2v) is 8.40. The molecule has 0 aromatic rings. The summed E-state index contributed by atoms with van der Waals surface area (Å²) in [6.07, 6.45) is 17.1. The van der Waals surface area contributed by atoms with E-state index in [1.165, 1.54) is 77.3 Å². The normalized spacial score (nSPS) is 15.5. The lowest BCUT2D eigenvalue weighted by molar-refractivity contribution is -0.890. The van der Waals surface area contributed by atoms with Crippen molar-refractivity contribution in [1.82, 2.24) is 4.90 Å². The molecular formula is C21H43N2O+. The topological polar surface area (TPSA) is 20.3 Å². The van der Waals surface area contributed by atoms with Crippen LogP contribution in [0.4, 0.5) is 0 Å². The number of nitrogens with zero attached hydrogens (tertiary/aromatic N) is 2. The Morgan fingerprint density at radius 3 is 1.92 bits per heavy atom. The molecular weight excluding hydrogens is 296 g/mol. The summed E-state index contributed by atoms with van der Waals surface area (Å²) in [5, 5.41) is 0. The average molecular weight is 340 g/mol. The number of carbonyl (C=O) groups excluding carboxylic acids is 1. The quantitative estimate of drug-likeness (QED) is 0.304. The Kier molecular flexibility index (Phi) is 11.4. The number of hydrogen-bond donors (Lipinski definition) is 0. The number of carbonyl (C=O) groups is 1. The zero-order chi connectivity index (χ0) is 17.7. The fraction of sp³-hybridized carbons (Fsp3) is 0.952. The van der Waals surface area contributed by atoms with Crippen molar-refractivity contribution in [3.05, 3.63) is 0 Å². The predicted molar refractivity (Wildman–Crippen MR) is 104 cm³/mol. The fourth-order valence-electron chi connectivity index (χ4n) is 3.77. The number of unbranched alkanes of at least 4 members (excludes halogenated alkanes) is 9. The van der Waals surface area contributed by atoms with Crippen molar-refractivity contribution in [3.8, 4) is 0 Å². The molecule has 0 N–H and O–H groups in total. The first-order chi connectivity index (χ1) is 11.5. The number of likely N-dealkylation sites (tertiary alicyclic amines) is 1. The van der Waals surface area contributed by atoms with Gasteiger partial charge in [0.05, 0.1) is 27.2 Å². The average Bonchev–Trinajstić information content (AvgIpc) is 2.94. The second kappa shape index (κ2) is 12.7. The van der Waals surface area contributed by atoms with Crippen LogP contribution in [0.3, 0.4) is 0 Å². The van der Waals surface area contributed by atoms with Crippen molar-refractivity contribution >= 4 is 5.91 Å². The van der Waals surface area contributed by atoms with Crippen LogP contribution in [0.15, 0.2) is 0 Å². The summed E-state index contributed by atoms with van der Waals surface area (Å²) in [5.41, 5.74) is 0. The van der Waals surface area contributed by atoms with Crippen LogP contribution >= 0.6 is 0 Å². The van der Waals surface area contributed by atoms with Gasteiger partial charge in [-0.15, -0.1) is 0 Å². The van der Waals surface area contributed by atoms with Gasteiger partial charge in [-0.25, -0.2) is 0 Å². The van der Waals surface area contributed by atoms with Crippen LogP contribution < -0.4 is 0 Å². The highest BCUT2D eigenvalue weighted by molar-refractivity contribution is 5.77. The molecule has 3 heteroatoms. The van der Waals surface area contributed by atoms with E-state index in [4.69, 9.17) is 0 Å². The van der Waals surface area contributed by atoms with E-state index in [0.717, 1.165) is 36.8 Å². The molecule has 1 aliphatic rings. The Morgan fingerprint density at radius 2 is 1.38 bits per heavy atom. The first-order valence-electron chi connectivity index (χ1n) is 10.6. The predicted octanol–water partition coefficient (Wildman–Crippen LogP) is 5.00. The Hall–Kier alpha value is -0.570. The van der Waals surface area contributed by atoms with E-state index < -0.39 is 0 Å². The Labute approximate surface area is 151 Å². The third-order valence-corrected chi connectivity index (χ3v) is 5.48. The van der Waals surface area contributed by atoms with E-state index >= 15 is 0 Å². The van der Waals surface area contributed by atoms with Gasteiger partial charge in [-0.3, -0.25) is 4.79 Å². The second-order valence-electron chi connectivity index (χ2n) is 8.40. The van der Waals surface area contributed by atoms with Crippen molar-refractivity contribution < 1.29 is 9.28 Å². The molecule has 0 saturated carbocycles. The number of quaternary nitrogens is 1. The van der Waals surface area contributed by atoms with Gasteiger partial charge in [0.15, 0.2) is 0 Å². The highest BCUT2D eigenvalue weighted by Crippen LogP contribution is 2.13. The minimum atomic E-state index is 0.370. The molecule has 0 aromatic carbocycles. The van der Waals surface area contributed by atoms with Crippen LogP contribution in [-0.2, 0) is 4.79 Å². The lowest BCUT2D eigenvalue weighted by atomic mass is 10.1. The molecule has 0 unspecified atom stereocenters. The smallest absolute Gasteiger partial charge is 0.222 e. The van der Waals surface area contributed by atoms with Crippen LogP contribution in [0.1, 0.15) is 90.4 Å². The van der Waals surface area contributed by atoms with E-state index in [9.17, 15) is 4.79 Å². The molecule has 24 heavy (non-hydrogen) atoms. The molecule has 0 bridgehead atoms. The van der Waals surface area contributed by atoms with Gasteiger partial charge in [-0.1, -0.05) is 58.3 Å². The molecule has 0 aliphatic carbocycles. The van der Waals surface area contributed by atoms with Crippen molar-refractivity contribution in [2.24, 2.45) is 0 Å². The van der Waals surface area contributed by atoms with Crippen molar-refractivity contribution in [1.29, 1.82) is 0 Å².